The van der Waals surface area contributed by atoms with Crippen molar-refractivity contribution in [2.24, 2.45) is 0 Å². The average molecular weight is 283 g/mol. The summed E-state index contributed by atoms with van der Waals surface area (Å²) in [7, 11) is 1.52. The van der Waals surface area contributed by atoms with Crippen LogP contribution >= 0.6 is 0 Å². The van der Waals surface area contributed by atoms with Gasteiger partial charge in [0.15, 0.2) is 0 Å². The minimum atomic E-state index is -1.11. The van der Waals surface area contributed by atoms with Crippen molar-refractivity contribution in [3.63, 3.8) is 0 Å². The van der Waals surface area contributed by atoms with Gasteiger partial charge in [0.05, 0.1) is 18.8 Å². The van der Waals surface area contributed by atoms with Crippen LogP contribution < -0.4 is 4.74 Å². The molecule has 1 N–H and O–H groups in total. The van der Waals surface area contributed by atoms with Crippen LogP contribution in [0.25, 0.3) is 10.8 Å². The molecule has 3 aromatic rings. The summed E-state index contributed by atoms with van der Waals surface area (Å²) < 4.78 is 10.4. The number of carboxylic acids is 1. The molecule has 0 aliphatic carbocycles. The van der Waals surface area contributed by atoms with E-state index in [1.54, 1.807) is 12.4 Å². The lowest BCUT2D eigenvalue weighted by molar-refractivity contribution is 0.0665. The number of rotatable bonds is 4. The summed E-state index contributed by atoms with van der Waals surface area (Å²) in [6.07, 6.45) is 5.65. The summed E-state index contributed by atoms with van der Waals surface area (Å²) >= 11 is 0. The molecule has 0 aliphatic heterocycles. The molecule has 3 rings (SSSR count). The number of carboxylic acid groups (broad SMARTS) is 1. The van der Waals surface area contributed by atoms with Crippen molar-refractivity contribution < 1.29 is 19.1 Å². The Morgan fingerprint density at radius 3 is 2.90 bits per heavy atom. The van der Waals surface area contributed by atoms with E-state index in [1.807, 2.05) is 24.3 Å². The molecule has 5 heteroatoms. The summed E-state index contributed by atoms with van der Waals surface area (Å²) in [4.78, 5) is 15.2. The lowest BCUT2D eigenvalue weighted by Gasteiger charge is -2.07. The van der Waals surface area contributed by atoms with Gasteiger partial charge in [-0.25, -0.2) is 4.79 Å². The number of pyridine rings is 1. The Hall–Kier alpha value is -2.82. The maximum absolute atomic E-state index is 11.2. The third-order valence-corrected chi connectivity index (χ3v) is 3.27. The lowest BCUT2D eigenvalue weighted by Crippen LogP contribution is -1.97. The Morgan fingerprint density at radius 2 is 2.24 bits per heavy atom. The lowest BCUT2D eigenvalue weighted by atomic mass is 10.0. The summed E-state index contributed by atoms with van der Waals surface area (Å²) in [5, 5.41) is 10.3. The van der Waals surface area contributed by atoms with Crippen LogP contribution in [0.15, 0.2) is 47.3 Å². The first-order valence-corrected chi connectivity index (χ1v) is 6.39. The Balaban J connectivity index is 2.08. The molecule has 0 fully saturated rings. The fraction of sp³-hybridized carbons (Fsp3) is 0.125. The van der Waals surface area contributed by atoms with Crippen LogP contribution in [0, 0.1) is 0 Å². The summed E-state index contributed by atoms with van der Waals surface area (Å²) in [6.45, 7) is 0. The maximum Gasteiger partial charge on any atom is 0.372 e. The van der Waals surface area contributed by atoms with Gasteiger partial charge in [0, 0.05) is 17.8 Å². The molecular formula is C16H13NO4. The number of benzene rings is 1. The molecule has 0 amide bonds. The highest BCUT2D eigenvalue weighted by atomic mass is 16.5. The predicted molar refractivity (Wildman–Crippen MR) is 76.8 cm³/mol. The van der Waals surface area contributed by atoms with Gasteiger partial charge in [0.25, 0.3) is 0 Å². The maximum atomic E-state index is 11.2. The van der Waals surface area contributed by atoms with Crippen molar-refractivity contribution in [3.8, 4) is 5.75 Å². The van der Waals surface area contributed by atoms with Gasteiger partial charge in [0.2, 0.25) is 5.76 Å². The number of carbonyl (C=O) groups is 1. The van der Waals surface area contributed by atoms with Crippen LogP contribution in [0.1, 0.15) is 21.7 Å². The number of hydrogen-bond acceptors (Lipinski definition) is 4. The zero-order valence-corrected chi connectivity index (χ0v) is 11.4. The molecule has 0 unspecified atom stereocenters. The third kappa shape index (κ3) is 2.45. The predicted octanol–water partition coefficient (Wildman–Crippen LogP) is 3.13. The molecule has 106 valence electrons. The number of ether oxygens (including phenoxy) is 1. The SMILES string of the molecule is COc1cc(Cc2cccnc2)cc2coc(C(=O)O)c12. The van der Waals surface area contributed by atoms with Crippen molar-refractivity contribution in [1.29, 1.82) is 0 Å². The first-order valence-electron chi connectivity index (χ1n) is 6.39. The van der Waals surface area contributed by atoms with E-state index in [9.17, 15) is 4.79 Å². The number of aromatic carboxylic acids is 1. The van der Waals surface area contributed by atoms with Crippen LogP contribution in [0.5, 0.6) is 5.75 Å². The number of aromatic nitrogens is 1. The minimum absolute atomic E-state index is 0.102. The van der Waals surface area contributed by atoms with Crippen LogP contribution in [0.2, 0.25) is 0 Å². The van der Waals surface area contributed by atoms with Crippen molar-refractivity contribution in [2.75, 3.05) is 7.11 Å². The summed E-state index contributed by atoms with van der Waals surface area (Å²) in [5.41, 5.74) is 2.07. The molecule has 1 aromatic carbocycles. The van der Waals surface area contributed by atoms with Crippen LogP contribution in [0.3, 0.4) is 0 Å². The van der Waals surface area contributed by atoms with E-state index < -0.39 is 5.97 Å². The Kier molecular flexibility index (Phi) is 3.31. The number of furan rings is 1. The normalized spacial score (nSPS) is 10.7. The fourth-order valence-electron chi connectivity index (χ4n) is 2.37. The molecule has 0 saturated heterocycles. The highest BCUT2D eigenvalue weighted by molar-refractivity contribution is 6.04. The smallest absolute Gasteiger partial charge is 0.372 e. The third-order valence-electron chi connectivity index (χ3n) is 3.27. The van der Waals surface area contributed by atoms with Crippen molar-refractivity contribution in [3.05, 3.63) is 59.8 Å². The van der Waals surface area contributed by atoms with Crippen molar-refractivity contribution >= 4 is 16.7 Å². The van der Waals surface area contributed by atoms with Gasteiger partial charge >= 0.3 is 5.97 Å². The van der Waals surface area contributed by atoms with Gasteiger partial charge in [-0.2, -0.15) is 0 Å². The van der Waals surface area contributed by atoms with Crippen molar-refractivity contribution in [1.82, 2.24) is 4.98 Å². The molecule has 0 bridgehead atoms. The van der Waals surface area contributed by atoms with E-state index in [1.165, 1.54) is 13.4 Å². The van der Waals surface area contributed by atoms with Gasteiger partial charge in [-0.05, 0) is 35.7 Å². The van der Waals surface area contributed by atoms with Gasteiger partial charge in [-0.1, -0.05) is 6.07 Å². The second kappa shape index (κ2) is 5.28. The van der Waals surface area contributed by atoms with Crippen LogP contribution in [-0.4, -0.2) is 23.2 Å². The van der Waals surface area contributed by atoms with Gasteiger partial charge in [0.1, 0.15) is 5.75 Å². The van der Waals surface area contributed by atoms with Gasteiger partial charge in [-0.15, -0.1) is 0 Å². The molecule has 0 atom stereocenters. The Labute approximate surface area is 120 Å². The molecule has 0 radical (unpaired) electrons. The quantitative estimate of drug-likeness (QED) is 0.796. The number of nitrogens with zero attached hydrogens (tertiary/aromatic N) is 1. The minimum Gasteiger partial charge on any atom is -0.496 e. The summed E-state index contributed by atoms with van der Waals surface area (Å²) in [5.74, 6) is -0.712. The van der Waals surface area contributed by atoms with Gasteiger partial charge < -0.3 is 14.3 Å². The summed E-state index contributed by atoms with van der Waals surface area (Å²) in [6, 6.07) is 7.60. The molecule has 2 aromatic heterocycles. The zero-order chi connectivity index (χ0) is 14.8. The standard InChI is InChI=1S/C16H13NO4/c1-20-13-7-11(5-10-3-2-4-17-8-10)6-12-9-21-15(14(12)13)16(18)19/h2-4,6-9H,5H2,1H3,(H,18,19). The van der Waals surface area contributed by atoms with E-state index in [-0.39, 0.29) is 5.76 Å². The fourth-order valence-corrected chi connectivity index (χ4v) is 2.37. The topological polar surface area (TPSA) is 72.6 Å². The van der Waals surface area contributed by atoms with E-state index >= 15 is 0 Å². The zero-order valence-electron chi connectivity index (χ0n) is 11.4. The second-order valence-corrected chi connectivity index (χ2v) is 4.67. The second-order valence-electron chi connectivity index (χ2n) is 4.67. The largest absolute Gasteiger partial charge is 0.496 e. The molecular weight excluding hydrogens is 270 g/mol. The van der Waals surface area contributed by atoms with E-state index in [0.29, 0.717) is 22.9 Å². The Morgan fingerprint density at radius 1 is 1.38 bits per heavy atom. The highest BCUT2D eigenvalue weighted by Gasteiger charge is 2.18. The van der Waals surface area contributed by atoms with Crippen LogP contribution in [0.4, 0.5) is 0 Å². The Bertz CT molecular complexity index is 793. The molecule has 21 heavy (non-hydrogen) atoms. The van der Waals surface area contributed by atoms with Crippen molar-refractivity contribution in [2.45, 2.75) is 6.42 Å². The molecule has 0 spiro atoms. The molecule has 5 nitrogen and oxygen atoms in total. The van der Waals surface area contributed by atoms with E-state index in [4.69, 9.17) is 14.3 Å². The average Bonchev–Trinajstić information content (AvgIpc) is 2.91. The van der Waals surface area contributed by atoms with Crippen LogP contribution in [-0.2, 0) is 6.42 Å². The first-order chi connectivity index (χ1) is 10.2. The molecule has 0 saturated carbocycles. The van der Waals surface area contributed by atoms with E-state index in [2.05, 4.69) is 4.98 Å². The highest BCUT2D eigenvalue weighted by Crippen LogP contribution is 2.32. The number of hydrogen-bond donors (Lipinski definition) is 1. The first kappa shape index (κ1) is 13.2. The number of methoxy groups -OCH3 is 1. The molecule has 0 aliphatic rings. The molecule has 2 heterocycles. The number of fused-ring (bicyclic) bond motifs is 1. The van der Waals surface area contributed by atoms with E-state index in [0.717, 1.165) is 11.1 Å². The van der Waals surface area contributed by atoms with Gasteiger partial charge in [-0.3, -0.25) is 4.98 Å². The monoisotopic (exact) mass is 283 g/mol.